The second-order valence-corrected chi connectivity index (χ2v) is 8.94. The van der Waals surface area contributed by atoms with Gasteiger partial charge in [-0.3, -0.25) is 9.89 Å². The largest absolute Gasteiger partial charge is 0.356 e. The van der Waals surface area contributed by atoms with Crippen LogP contribution in [-0.2, 0) is 18.5 Å². The molecule has 0 unspecified atom stereocenters. The Morgan fingerprint density at radius 2 is 1.65 bits per heavy atom. The van der Waals surface area contributed by atoms with E-state index in [1.165, 1.54) is 11.1 Å². The molecular weight excluding hydrogens is 389 g/mol. The first-order chi connectivity index (χ1) is 15.1. The minimum Gasteiger partial charge on any atom is -0.356 e. The van der Waals surface area contributed by atoms with Gasteiger partial charge in [0.25, 0.3) is 0 Å². The van der Waals surface area contributed by atoms with E-state index in [0.717, 1.165) is 57.1 Å². The van der Waals surface area contributed by atoms with Crippen molar-refractivity contribution < 1.29 is 4.39 Å². The Labute approximate surface area is 185 Å². The van der Waals surface area contributed by atoms with Gasteiger partial charge in [0.05, 0.1) is 0 Å². The molecule has 5 nitrogen and oxygen atoms in total. The van der Waals surface area contributed by atoms with Crippen molar-refractivity contribution in [3.05, 3.63) is 71.0 Å². The van der Waals surface area contributed by atoms with Gasteiger partial charge in [-0.2, -0.15) is 0 Å². The number of halogens is 1. The molecule has 2 aliphatic rings. The Morgan fingerprint density at radius 3 is 2.29 bits per heavy atom. The van der Waals surface area contributed by atoms with Gasteiger partial charge in [-0.15, -0.1) is 0 Å². The Kier molecular flexibility index (Phi) is 6.88. The van der Waals surface area contributed by atoms with Crippen LogP contribution in [0.2, 0.25) is 0 Å². The van der Waals surface area contributed by atoms with Crippen molar-refractivity contribution in [2.75, 3.05) is 46.8 Å². The summed E-state index contributed by atoms with van der Waals surface area (Å²) >= 11 is 0. The Hall–Kier alpha value is -2.44. The summed E-state index contributed by atoms with van der Waals surface area (Å²) in [7, 11) is 3.96. The summed E-state index contributed by atoms with van der Waals surface area (Å²) in [6, 6.07) is 15.9. The minimum atomic E-state index is -0.110. The second-order valence-electron chi connectivity index (χ2n) is 8.94. The summed E-state index contributed by atoms with van der Waals surface area (Å²) in [4.78, 5) is 9.24. The predicted octanol–water partition coefficient (Wildman–Crippen LogP) is 2.97. The van der Waals surface area contributed by atoms with Gasteiger partial charge in [-0.1, -0.05) is 42.5 Å². The number of guanidine groups is 1. The zero-order chi connectivity index (χ0) is 21.7. The van der Waals surface area contributed by atoms with E-state index >= 15 is 0 Å². The van der Waals surface area contributed by atoms with Gasteiger partial charge < -0.3 is 15.5 Å². The third kappa shape index (κ3) is 5.63. The molecule has 1 aliphatic heterocycles. The molecule has 1 heterocycles. The lowest BCUT2D eigenvalue weighted by Gasteiger charge is -2.32. The van der Waals surface area contributed by atoms with E-state index in [2.05, 4.69) is 56.7 Å². The highest BCUT2D eigenvalue weighted by Crippen LogP contribution is 2.48. The highest BCUT2D eigenvalue weighted by atomic mass is 19.1. The second kappa shape index (κ2) is 9.79. The van der Waals surface area contributed by atoms with Crippen LogP contribution in [0.15, 0.2) is 53.5 Å². The summed E-state index contributed by atoms with van der Waals surface area (Å²) < 4.78 is 14.2. The van der Waals surface area contributed by atoms with Crippen LogP contribution in [0.5, 0.6) is 0 Å². The Morgan fingerprint density at radius 1 is 0.968 bits per heavy atom. The molecule has 2 aromatic carbocycles. The summed E-state index contributed by atoms with van der Waals surface area (Å²) in [5.74, 6) is 0.644. The number of hydrogen-bond acceptors (Lipinski definition) is 3. The van der Waals surface area contributed by atoms with Crippen LogP contribution in [-0.4, -0.2) is 62.6 Å². The number of aliphatic imine (C=N–C) groups is 1. The van der Waals surface area contributed by atoms with Crippen molar-refractivity contribution in [2.24, 2.45) is 4.99 Å². The molecule has 0 spiro atoms. The van der Waals surface area contributed by atoms with E-state index < -0.39 is 0 Å². The molecule has 1 saturated heterocycles. The quantitative estimate of drug-likeness (QED) is 0.531. The van der Waals surface area contributed by atoms with Crippen LogP contribution < -0.4 is 10.6 Å². The van der Waals surface area contributed by atoms with Gasteiger partial charge >= 0.3 is 0 Å². The van der Waals surface area contributed by atoms with Crippen molar-refractivity contribution in [3.8, 4) is 0 Å². The molecule has 2 N–H and O–H groups in total. The molecule has 31 heavy (non-hydrogen) atoms. The summed E-state index contributed by atoms with van der Waals surface area (Å²) in [5.41, 5.74) is 3.29. The van der Waals surface area contributed by atoms with Crippen LogP contribution in [0.3, 0.4) is 0 Å². The molecule has 1 aliphatic carbocycles. The van der Waals surface area contributed by atoms with E-state index in [1.807, 2.05) is 12.1 Å². The molecule has 2 fully saturated rings. The van der Waals surface area contributed by atoms with E-state index in [0.29, 0.717) is 13.1 Å². The summed E-state index contributed by atoms with van der Waals surface area (Å²) in [5, 5.41) is 6.79. The molecular formula is C25H34FN5. The zero-order valence-corrected chi connectivity index (χ0v) is 18.7. The van der Waals surface area contributed by atoms with E-state index in [4.69, 9.17) is 0 Å². The topological polar surface area (TPSA) is 42.9 Å². The predicted molar refractivity (Wildman–Crippen MR) is 125 cm³/mol. The average Bonchev–Trinajstić information content (AvgIpc) is 3.58. The summed E-state index contributed by atoms with van der Waals surface area (Å²) in [6.45, 7) is 6.98. The van der Waals surface area contributed by atoms with Crippen molar-refractivity contribution in [2.45, 2.75) is 31.3 Å². The van der Waals surface area contributed by atoms with Crippen molar-refractivity contribution in [3.63, 3.8) is 0 Å². The lowest BCUT2D eigenvalue weighted by molar-refractivity contribution is 0.148. The molecule has 6 heteroatoms. The Bertz CT molecular complexity index is 883. The molecule has 0 amide bonds. The van der Waals surface area contributed by atoms with E-state index in [1.54, 1.807) is 19.2 Å². The lowest BCUT2D eigenvalue weighted by Crippen LogP contribution is -2.43. The Balaban J connectivity index is 1.25. The van der Waals surface area contributed by atoms with Gasteiger partial charge in [-0.05, 0) is 42.6 Å². The number of hydrogen-bond donors (Lipinski definition) is 2. The fourth-order valence-corrected chi connectivity index (χ4v) is 4.27. The van der Waals surface area contributed by atoms with Gasteiger partial charge in [0.1, 0.15) is 5.82 Å². The molecule has 4 rings (SSSR count). The molecule has 1 saturated carbocycles. The highest BCUT2D eigenvalue weighted by molar-refractivity contribution is 5.79. The number of rotatable bonds is 7. The van der Waals surface area contributed by atoms with Crippen molar-refractivity contribution in [1.82, 2.24) is 20.4 Å². The average molecular weight is 424 g/mol. The van der Waals surface area contributed by atoms with Crippen LogP contribution in [0.4, 0.5) is 4.39 Å². The zero-order valence-electron chi connectivity index (χ0n) is 18.7. The SMILES string of the molecule is CN=C(NCc1ccc(CN2CCN(C)CC2)cc1)NCC1(c2ccccc2F)CC1. The first kappa shape index (κ1) is 21.8. The summed E-state index contributed by atoms with van der Waals surface area (Å²) in [6.07, 6.45) is 2.01. The third-order valence-electron chi connectivity index (χ3n) is 6.60. The number of nitrogens with zero attached hydrogens (tertiary/aromatic N) is 3. The number of likely N-dealkylation sites (N-methyl/N-ethyl adjacent to an activating group) is 1. The molecule has 0 aromatic heterocycles. The molecule has 166 valence electrons. The smallest absolute Gasteiger partial charge is 0.191 e. The van der Waals surface area contributed by atoms with Crippen LogP contribution in [0, 0.1) is 5.82 Å². The maximum atomic E-state index is 14.2. The highest BCUT2D eigenvalue weighted by Gasteiger charge is 2.45. The fraction of sp³-hybridized carbons (Fsp3) is 0.480. The fourth-order valence-electron chi connectivity index (χ4n) is 4.27. The van der Waals surface area contributed by atoms with E-state index in [9.17, 15) is 4.39 Å². The first-order valence-corrected chi connectivity index (χ1v) is 11.3. The van der Waals surface area contributed by atoms with Gasteiger partial charge in [0.2, 0.25) is 0 Å². The van der Waals surface area contributed by atoms with Gasteiger partial charge in [0.15, 0.2) is 5.96 Å². The van der Waals surface area contributed by atoms with Crippen LogP contribution in [0.25, 0.3) is 0 Å². The van der Waals surface area contributed by atoms with Crippen molar-refractivity contribution in [1.29, 1.82) is 0 Å². The first-order valence-electron chi connectivity index (χ1n) is 11.3. The standard InChI is InChI=1S/C25H34FN5/c1-27-24(29-19-25(11-12-25)22-5-3-4-6-23(22)26)28-17-20-7-9-21(10-8-20)18-31-15-13-30(2)14-16-31/h3-10H,11-19H2,1-2H3,(H2,27,28,29). The van der Waals surface area contributed by atoms with Gasteiger partial charge in [-0.25, -0.2) is 4.39 Å². The molecule has 0 atom stereocenters. The number of nitrogens with one attached hydrogen (secondary N) is 2. The van der Waals surface area contributed by atoms with Crippen LogP contribution in [0.1, 0.15) is 29.5 Å². The number of benzene rings is 2. The minimum absolute atomic E-state index is 0.103. The maximum absolute atomic E-state index is 14.2. The van der Waals surface area contributed by atoms with Crippen molar-refractivity contribution >= 4 is 5.96 Å². The monoisotopic (exact) mass is 423 g/mol. The van der Waals surface area contributed by atoms with Gasteiger partial charge in [0, 0.05) is 58.3 Å². The molecule has 0 bridgehead atoms. The maximum Gasteiger partial charge on any atom is 0.191 e. The van der Waals surface area contributed by atoms with E-state index in [-0.39, 0.29) is 11.2 Å². The lowest BCUT2D eigenvalue weighted by atomic mass is 9.95. The number of piperazine rings is 1. The molecule has 0 radical (unpaired) electrons. The van der Waals surface area contributed by atoms with Crippen LogP contribution >= 0.6 is 0 Å². The third-order valence-corrected chi connectivity index (χ3v) is 6.60. The normalized spacial score (nSPS) is 19.3. The molecule has 2 aromatic rings.